The van der Waals surface area contributed by atoms with E-state index in [-0.39, 0.29) is 5.69 Å². The quantitative estimate of drug-likeness (QED) is 0.148. The van der Waals surface area contributed by atoms with Crippen LogP contribution in [0.15, 0.2) is 62.5 Å². The first-order valence-corrected chi connectivity index (χ1v) is 14.4. The molecule has 0 aromatic heterocycles. The first kappa shape index (κ1) is 23.9. The molecule has 0 saturated heterocycles. The van der Waals surface area contributed by atoms with Crippen molar-refractivity contribution < 1.29 is 48.1 Å². The molecule has 0 amide bonds. The van der Waals surface area contributed by atoms with Crippen molar-refractivity contribution in [1.82, 2.24) is 0 Å². The number of aromatic hydroxyl groups is 2. The number of azo groups is 1. The van der Waals surface area contributed by atoms with Crippen LogP contribution in [0.2, 0.25) is 0 Å². The fourth-order valence-electron chi connectivity index (χ4n) is 2.78. The molecule has 0 aliphatic heterocycles. The van der Waals surface area contributed by atoms with Crippen LogP contribution < -0.4 is 4.35 Å². The summed E-state index contributed by atoms with van der Waals surface area (Å²) < 4.78 is 95.2. The number of benzene rings is 3. The summed E-state index contributed by atoms with van der Waals surface area (Å²) in [6.45, 7) is 0. The number of fused-ring (bicyclic) bond motifs is 1. The van der Waals surface area contributed by atoms with Crippen LogP contribution in [-0.2, 0) is 24.0 Å². The average Bonchev–Trinajstić information content (AvgIpc) is 2.64. The van der Waals surface area contributed by atoms with Crippen LogP contribution in [0.1, 0.15) is 0 Å². The molecule has 16 heteroatoms. The second-order valence-electron chi connectivity index (χ2n) is 6.30. The Balaban J connectivity index is 2.35. The number of hydrogen-bond donors (Lipinski definition) is 6. The number of phenolic OH excluding ortho intramolecular Hbond substituents is 2. The van der Waals surface area contributed by atoms with Gasteiger partial charge in [0.1, 0.15) is 0 Å². The maximum absolute atomic E-state index is 11.8. The monoisotopic (exact) mass is 548 g/mol. The molecular weight excluding hydrogens is 535 g/mol. The molecule has 0 spiro atoms. The summed E-state index contributed by atoms with van der Waals surface area (Å²) in [6.07, 6.45) is 0. The Hall–Kier alpha value is -2.78. The van der Waals surface area contributed by atoms with E-state index in [0.717, 1.165) is 18.2 Å². The Labute approximate surface area is 182 Å². The molecule has 3 rings (SSSR count). The van der Waals surface area contributed by atoms with E-state index in [1.165, 1.54) is 12.1 Å². The van der Waals surface area contributed by atoms with Crippen molar-refractivity contribution in [2.75, 3.05) is 0 Å². The Morgan fingerprint density at radius 1 is 0.844 bits per heavy atom. The van der Waals surface area contributed by atoms with E-state index in [9.17, 15) is 43.5 Å². The molecule has 170 valence electrons. The Bertz CT molecular complexity index is 1540. The van der Waals surface area contributed by atoms with E-state index in [1.54, 1.807) is 0 Å². The van der Waals surface area contributed by atoms with Crippen molar-refractivity contribution >= 4 is 60.9 Å². The molecule has 6 N–H and O–H groups in total. The molecule has 0 atom stereocenters. The van der Waals surface area contributed by atoms with E-state index >= 15 is 0 Å². The van der Waals surface area contributed by atoms with Gasteiger partial charge in [-0.05, 0) is 0 Å². The minimum absolute atomic E-state index is 0.355. The molecule has 0 unspecified atom stereocenters. The molecule has 0 heterocycles. The number of hydrogen-bond acceptors (Lipinski definition) is 9. The van der Waals surface area contributed by atoms with E-state index in [4.69, 9.17) is 4.55 Å². The van der Waals surface area contributed by atoms with Gasteiger partial charge in [0, 0.05) is 0 Å². The normalized spacial score (nSPS) is 13.1. The van der Waals surface area contributed by atoms with Crippen molar-refractivity contribution in [2.24, 2.45) is 10.2 Å². The summed E-state index contributed by atoms with van der Waals surface area (Å²) in [7, 11) is -9.93. The van der Waals surface area contributed by atoms with E-state index in [1.807, 2.05) is 0 Å². The van der Waals surface area contributed by atoms with Gasteiger partial charge in [-0.15, -0.1) is 0 Å². The topological polar surface area (TPSA) is 231 Å². The van der Waals surface area contributed by atoms with Crippen LogP contribution in [0.3, 0.4) is 0 Å². The summed E-state index contributed by atoms with van der Waals surface area (Å²) in [4.78, 5) is -1.88. The van der Waals surface area contributed by atoms with Gasteiger partial charge in [0.2, 0.25) is 0 Å². The second-order valence-corrected chi connectivity index (χ2v) is 12.4. The van der Waals surface area contributed by atoms with Crippen molar-refractivity contribution in [1.29, 1.82) is 0 Å². The molecule has 0 saturated carbocycles. The van der Waals surface area contributed by atoms with Gasteiger partial charge in [-0.1, -0.05) is 0 Å². The Morgan fingerprint density at radius 2 is 1.47 bits per heavy atom. The molecule has 0 bridgehead atoms. The molecule has 0 fully saturated rings. The first-order chi connectivity index (χ1) is 14.6. The van der Waals surface area contributed by atoms with Crippen LogP contribution in [0.5, 0.6) is 11.5 Å². The van der Waals surface area contributed by atoms with Crippen LogP contribution in [0.25, 0.3) is 10.8 Å². The zero-order valence-corrected chi connectivity index (χ0v) is 18.9. The summed E-state index contributed by atoms with van der Waals surface area (Å²) in [5, 5.41) is 26.8. The number of rotatable bonds is 5. The SMILES string of the molecule is O=S(=O)(O)c1cc(O)c2c(O)c(/N=N/c3ccccc3[As](=O)(O)O)c(S(=O)(=O)O)cc2c1. The van der Waals surface area contributed by atoms with Gasteiger partial charge in [-0.3, -0.25) is 0 Å². The predicted molar refractivity (Wildman–Crippen MR) is 108 cm³/mol. The zero-order chi connectivity index (χ0) is 24.1. The maximum atomic E-state index is 11.8. The molecule has 0 aliphatic carbocycles. The molecule has 3 aromatic carbocycles. The van der Waals surface area contributed by atoms with Gasteiger partial charge in [-0.25, -0.2) is 0 Å². The van der Waals surface area contributed by atoms with Crippen molar-refractivity contribution in [3.63, 3.8) is 0 Å². The first-order valence-electron chi connectivity index (χ1n) is 8.15. The summed E-state index contributed by atoms with van der Waals surface area (Å²) >= 11 is -5.47. The third kappa shape index (κ3) is 4.68. The number of phenols is 2. The molecule has 32 heavy (non-hydrogen) atoms. The molecule has 13 nitrogen and oxygen atoms in total. The second kappa shape index (κ2) is 7.97. The van der Waals surface area contributed by atoms with Crippen LogP contribution in [-0.4, -0.2) is 58.5 Å². The van der Waals surface area contributed by atoms with E-state index in [2.05, 4.69) is 10.2 Å². The van der Waals surface area contributed by atoms with Gasteiger partial charge in [0.05, 0.1) is 0 Å². The zero-order valence-electron chi connectivity index (χ0n) is 15.4. The van der Waals surface area contributed by atoms with Crippen LogP contribution >= 0.6 is 0 Å². The van der Waals surface area contributed by atoms with Gasteiger partial charge in [-0.2, -0.15) is 0 Å². The minimum atomic E-state index is -5.47. The van der Waals surface area contributed by atoms with Gasteiger partial charge < -0.3 is 0 Å². The fourth-order valence-corrected chi connectivity index (χ4v) is 5.44. The van der Waals surface area contributed by atoms with Crippen LogP contribution in [0, 0.1) is 0 Å². The van der Waals surface area contributed by atoms with Crippen molar-refractivity contribution in [3.8, 4) is 11.5 Å². The molecule has 0 aliphatic rings. The summed E-state index contributed by atoms with van der Waals surface area (Å²) in [6, 6.07) is 6.86. The van der Waals surface area contributed by atoms with E-state index < -0.39 is 76.5 Å². The summed E-state index contributed by atoms with van der Waals surface area (Å²) in [5.74, 6) is -1.93. The predicted octanol–water partition coefficient (Wildman–Crippen LogP) is 0.721. The van der Waals surface area contributed by atoms with Gasteiger partial charge in [0.15, 0.2) is 0 Å². The molecule has 3 aromatic rings. The van der Waals surface area contributed by atoms with Gasteiger partial charge >= 0.3 is 183 Å². The van der Waals surface area contributed by atoms with Crippen molar-refractivity contribution in [2.45, 2.75) is 9.79 Å². The fraction of sp³-hybridized carbons (Fsp3) is 0. The Morgan fingerprint density at radius 3 is 2.03 bits per heavy atom. The Kier molecular flexibility index (Phi) is 5.95. The summed E-state index contributed by atoms with van der Waals surface area (Å²) in [5.41, 5.74) is -1.26. The van der Waals surface area contributed by atoms with Gasteiger partial charge in [0.25, 0.3) is 0 Å². The van der Waals surface area contributed by atoms with Crippen LogP contribution in [0.4, 0.5) is 11.4 Å². The number of nitrogens with zero attached hydrogens (tertiary/aromatic N) is 2. The third-order valence-electron chi connectivity index (χ3n) is 4.13. The van der Waals surface area contributed by atoms with E-state index in [0.29, 0.717) is 12.1 Å². The third-order valence-corrected chi connectivity index (χ3v) is 7.94. The standard InChI is InChI=1S/C16H13AsN2O11S2/c20-12-7-9(31(25,26)27)5-8-6-13(32(28,29)30)15(16(21)14(8)12)19-18-11-4-2-1-3-10(11)17(22,23)24/h1-7,20-21H,(H2,22,23,24)(H,25,26,27)(H,28,29,30)/b19-18+. The average molecular weight is 548 g/mol. The molecule has 0 radical (unpaired) electrons. The molecular formula is C16H13AsN2O11S2. The van der Waals surface area contributed by atoms with Crippen molar-refractivity contribution in [3.05, 3.63) is 42.5 Å².